The van der Waals surface area contributed by atoms with Crippen LogP contribution >= 0.6 is 0 Å². The number of aliphatic hydroxyl groups excluding tert-OH is 1. The van der Waals surface area contributed by atoms with Gasteiger partial charge in [0.1, 0.15) is 30.7 Å². The first-order valence-electron chi connectivity index (χ1n) is 11.9. The van der Waals surface area contributed by atoms with Crippen LogP contribution in [-0.2, 0) is 25.7 Å². The zero-order valence-corrected chi connectivity index (χ0v) is 18.9. The second-order valence-corrected chi connectivity index (χ2v) is 9.40. The summed E-state index contributed by atoms with van der Waals surface area (Å²) in [7, 11) is 0. The van der Waals surface area contributed by atoms with Crippen molar-refractivity contribution in [3.8, 4) is 5.75 Å². The lowest BCUT2D eigenvalue weighted by atomic mass is 10.0. The van der Waals surface area contributed by atoms with Gasteiger partial charge in [-0.05, 0) is 49.4 Å². The normalized spacial score (nSPS) is 28.5. The van der Waals surface area contributed by atoms with E-state index in [4.69, 9.17) is 9.47 Å². The van der Waals surface area contributed by atoms with Gasteiger partial charge >= 0.3 is 5.97 Å². The Morgan fingerprint density at radius 3 is 2.74 bits per heavy atom. The largest absolute Gasteiger partial charge is 0.492 e. The zero-order chi connectivity index (χ0) is 23.8. The molecule has 3 saturated heterocycles. The van der Waals surface area contributed by atoms with Gasteiger partial charge < -0.3 is 19.5 Å². The highest BCUT2D eigenvalue weighted by Crippen LogP contribution is 2.31. The molecular formula is C24H29N3O7. The minimum atomic E-state index is -0.847. The number of aliphatic hydroxyl groups is 1. The van der Waals surface area contributed by atoms with Crippen molar-refractivity contribution in [1.82, 2.24) is 15.1 Å². The summed E-state index contributed by atoms with van der Waals surface area (Å²) >= 11 is 0. The second-order valence-electron chi connectivity index (χ2n) is 9.40. The van der Waals surface area contributed by atoms with E-state index in [0.717, 1.165) is 24.8 Å². The maximum atomic E-state index is 12.9. The number of carbonyl (C=O) groups is 4. The Balaban J connectivity index is 1.22. The number of cyclic esters (lactones) is 1. The predicted molar refractivity (Wildman–Crippen MR) is 117 cm³/mol. The summed E-state index contributed by atoms with van der Waals surface area (Å²) in [6, 6.07) is 4.61. The van der Waals surface area contributed by atoms with Gasteiger partial charge in [-0.15, -0.1) is 0 Å². The van der Waals surface area contributed by atoms with Crippen LogP contribution in [0.4, 0.5) is 0 Å². The molecule has 0 bridgehead atoms. The lowest BCUT2D eigenvalue weighted by Gasteiger charge is -2.40. The molecule has 2 unspecified atom stereocenters. The van der Waals surface area contributed by atoms with Crippen LogP contribution in [0.25, 0.3) is 0 Å². The van der Waals surface area contributed by atoms with E-state index in [-0.39, 0.29) is 30.2 Å². The lowest BCUT2D eigenvalue weighted by Crippen LogP contribution is -2.53. The highest BCUT2D eigenvalue weighted by Gasteiger charge is 2.40. The summed E-state index contributed by atoms with van der Waals surface area (Å²) in [6.45, 7) is 1.36. The number of rotatable bonds is 6. The molecule has 34 heavy (non-hydrogen) atoms. The number of fused-ring (bicyclic) bond motifs is 1. The molecule has 2 N–H and O–H groups in total. The third kappa shape index (κ3) is 4.39. The van der Waals surface area contributed by atoms with E-state index in [1.807, 2.05) is 11.0 Å². The highest BCUT2D eigenvalue weighted by atomic mass is 16.6. The first-order chi connectivity index (χ1) is 16.4. The fraction of sp³-hybridized carbons (Fsp3) is 0.583. The van der Waals surface area contributed by atoms with Gasteiger partial charge in [0, 0.05) is 37.5 Å². The molecule has 4 atom stereocenters. The van der Waals surface area contributed by atoms with Crippen molar-refractivity contribution in [3.05, 3.63) is 29.3 Å². The van der Waals surface area contributed by atoms with Crippen LogP contribution in [0.5, 0.6) is 5.75 Å². The molecule has 0 aromatic heterocycles. The molecule has 4 aliphatic rings. The van der Waals surface area contributed by atoms with E-state index in [1.54, 1.807) is 12.1 Å². The minimum absolute atomic E-state index is 0.0158. The Morgan fingerprint density at radius 1 is 1.12 bits per heavy atom. The third-order valence-corrected chi connectivity index (χ3v) is 7.20. The topological polar surface area (TPSA) is 125 Å². The SMILES string of the molecule is O=C1CCC(N2Cc3cc(OC[C@@H]4CCCCN4C(O)[C@@H]4CCC(=O)O4)ccc3C2=O)C(=O)N1. The van der Waals surface area contributed by atoms with Crippen molar-refractivity contribution >= 4 is 23.7 Å². The molecule has 3 amide bonds. The Bertz CT molecular complexity index is 1010. The zero-order valence-electron chi connectivity index (χ0n) is 18.9. The van der Waals surface area contributed by atoms with Gasteiger partial charge in [0.2, 0.25) is 11.8 Å². The Labute approximate surface area is 197 Å². The molecule has 4 aliphatic heterocycles. The molecule has 1 aromatic rings. The van der Waals surface area contributed by atoms with E-state index in [2.05, 4.69) is 5.32 Å². The summed E-state index contributed by atoms with van der Waals surface area (Å²) in [5, 5.41) is 13.1. The lowest BCUT2D eigenvalue weighted by molar-refractivity contribution is -0.157. The molecular weight excluding hydrogens is 442 g/mol. The molecule has 0 radical (unpaired) electrons. The van der Waals surface area contributed by atoms with E-state index in [1.165, 1.54) is 4.90 Å². The van der Waals surface area contributed by atoms with Gasteiger partial charge in [-0.3, -0.25) is 29.4 Å². The predicted octanol–water partition coefficient (Wildman–Crippen LogP) is 0.705. The average molecular weight is 472 g/mol. The second kappa shape index (κ2) is 9.34. The number of nitrogens with one attached hydrogen (secondary N) is 1. The first kappa shape index (κ1) is 22.8. The number of likely N-dealkylation sites (tertiary alicyclic amines) is 1. The van der Waals surface area contributed by atoms with Crippen molar-refractivity contribution in [3.63, 3.8) is 0 Å². The highest BCUT2D eigenvalue weighted by molar-refractivity contribution is 6.05. The van der Waals surface area contributed by atoms with Crippen molar-refractivity contribution in [1.29, 1.82) is 0 Å². The monoisotopic (exact) mass is 471 g/mol. The fourth-order valence-electron chi connectivity index (χ4n) is 5.35. The van der Waals surface area contributed by atoms with Gasteiger partial charge in [0.05, 0.1) is 0 Å². The summed E-state index contributed by atoms with van der Waals surface area (Å²) in [4.78, 5) is 51.5. The first-order valence-corrected chi connectivity index (χ1v) is 11.9. The molecule has 0 spiro atoms. The molecule has 3 fully saturated rings. The van der Waals surface area contributed by atoms with Crippen molar-refractivity contribution in [2.75, 3.05) is 13.2 Å². The van der Waals surface area contributed by atoms with Crippen LogP contribution in [0.15, 0.2) is 18.2 Å². The van der Waals surface area contributed by atoms with Crippen LogP contribution in [0.3, 0.4) is 0 Å². The van der Waals surface area contributed by atoms with Crippen LogP contribution in [-0.4, -0.2) is 76.2 Å². The standard InChI is InChI=1S/C24H29N3O7/c28-20-8-6-18(22(30)25-20)27-12-14-11-16(4-5-17(14)23(27)31)33-13-15-3-1-2-10-26(15)24(32)19-7-9-21(29)34-19/h4-5,11,15,18-19,24,32H,1-3,6-10,12-13H2,(H,25,28,30)/t15-,18?,19-,24?/m0/s1. The fourth-order valence-corrected chi connectivity index (χ4v) is 5.35. The molecule has 5 rings (SSSR count). The van der Waals surface area contributed by atoms with Crippen LogP contribution in [0, 0.1) is 0 Å². The number of imide groups is 1. The quantitative estimate of drug-likeness (QED) is 0.459. The molecule has 1 aromatic carbocycles. The molecule has 10 nitrogen and oxygen atoms in total. The van der Waals surface area contributed by atoms with E-state index < -0.39 is 24.3 Å². The Kier molecular flexibility index (Phi) is 6.26. The number of carbonyl (C=O) groups excluding carboxylic acids is 4. The maximum Gasteiger partial charge on any atom is 0.306 e. The Hall–Kier alpha value is -2.98. The molecule has 10 heteroatoms. The average Bonchev–Trinajstić information content (AvgIpc) is 3.40. The summed E-state index contributed by atoms with van der Waals surface area (Å²) in [5.41, 5.74) is 1.32. The van der Waals surface area contributed by atoms with Crippen LogP contribution in [0.1, 0.15) is 60.9 Å². The van der Waals surface area contributed by atoms with Gasteiger partial charge in [-0.2, -0.15) is 0 Å². The van der Waals surface area contributed by atoms with Crippen molar-refractivity contribution in [2.45, 2.75) is 75.9 Å². The van der Waals surface area contributed by atoms with Crippen molar-refractivity contribution in [2.24, 2.45) is 0 Å². The Morgan fingerprint density at radius 2 is 1.97 bits per heavy atom. The third-order valence-electron chi connectivity index (χ3n) is 7.20. The molecule has 4 heterocycles. The number of benzene rings is 1. The van der Waals surface area contributed by atoms with Crippen LogP contribution in [0.2, 0.25) is 0 Å². The minimum Gasteiger partial charge on any atom is -0.492 e. The number of amides is 3. The summed E-state index contributed by atoms with van der Waals surface area (Å²) in [5.74, 6) is -0.618. The van der Waals surface area contributed by atoms with Gasteiger partial charge in [-0.25, -0.2) is 0 Å². The maximum absolute atomic E-state index is 12.9. The van der Waals surface area contributed by atoms with Gasteiger partial charge in [0.15, 0.2) is 0 Å². The number of nitrogens with zero attached hydrogens (tertiary/aromatic N) is 2. The molecule has 0 saturated carbocycles. The number of hydrogen-bond donors (Lipinski definition) is 2. The summed E-state index contributed by atoms with van der Waals surface area (Å²) < 4.78 is 11.3. The van der Waals surface area contributed by atoms with E-state index in [9.17, 15) is 24.3 Å². The number of piperidine rings is 2. The number of ether oxygens (including phenoxy) is 2. The molecule has 0 aliphatic carbocycles. The summed E-state index contributed by atoms with van der Waals surface area (Å²) in [6.07, 6.45) is 2.90. The van der Waals surface area contributed by atoms with Crippen LogP contribution < -0.4 is 10.1 Å². The number of hydrogen-bond acceptors (Lipinski definition) is 8. The van der Waals surface area contributed by atoms with Gasteiger partial charge in [0.25, 0.3) is 5.91 Å². The van der Waals surface area contributed by atoms with Crippen molar-refractivity contribution < 1.29 is 33.8 Å². The number of esters is 1. The van der Waals surface area contributed by atoms with E-state index >= 15 is 0 Å². The van der Waals surface area contributed by atoms with E-state index in [0.29, 0.717) is 50.3 Å². The van der Waals surface area contributed by atoms with Gasteiger partial charge in [-0.1, -0.05) is 6.42 Å². The molecule has 182 valence electrons. The smallest absolute Gasteiger partial charge is 0.306 e.